The highest BCUT2D eigenvalue weighted by molar-refractivity contribution is 7.80. The standard InChI is InChI=1S/C24H47N7O6S/c1-14(2)12-19(31-20(32)15(3)28-21(33)16(27)13-38)23(35)29-17(8-4-6-10-25)22(34)30-18(24(36)37)9-5-7-11-26/h14-19,38H,4-13,25-27H2,1-3H3,(H,28,33)(H,29,35)(H,30,34)(H,31,32)(H,36,37)/t15-,16-,17-,18-,19-/m0/s1. The molecule has 0 bridgehead atoms. The molecule has 0 aliphatic rings. The lowest BCUT2D eigenvalue weighted by atomic mass is 10.0. The largest absolute Gasteiger partial charge is 0.480 e. The summed E-state index contributed by atoms with van der Waals surface area (Å²) in [6.45, 7) is 6.00. The Labute approximate surface area is 230 Å². The highest BCUT2D eigenvalue weighted by atomic mass is 32.1. The van der Waals surface area contributed by atoms with Crippen molar-refractivity contribution in [2.45, 2.75) is 95.9 Å². The van der Waals surface area contributed by atoms with E-state index < -0.39 is 59.8 Å². The zero-order valence-corrected chi connectivity index (χ0v) is 23.6. The molecule has 0 saturated heterocycles. The molecular weight excluding hydrogens is 514 g/mol. The predicted molar refractivity (Wildman–Crippen MR) is 148 cm³/mol. The molecule has 38 heavy (non-hydrogen) atoms. The zero-order chi connectivity index (χ0) is 29.3. The lowest BCUT2D eigenvalue weighted by molar-refractivity contribution is -0.142. The van der Waals surface area contributed by atoms with Gasteiger partial charge in [-0.2, -0.15) is 12.6 Å². The number of rotatable bonds is 20. The van der Waals surface area contributed by atoms with Crippen molar-refractivity contribution in [2.24, 2.45) is 23.1 Å². The first-order chi connectivity index (χ1) is 17.9. The van der Waals surface area contributed by atoms with Gasteiger partial charge < -0.3 is 43.6 Å². The van der Waals surface area contributed by atoms with Crippen LogP contribution in [0.25, 0.3) is 0 Å². The fourth-order valence-corrected chi connectivity index (χ4v) is 3.69. The third kappa shape index (κ3) is 14.5. The molecule has 0 aromatic carbocycles. The van der Waals surface area contributed by atoms with E-state index in [2.05, 4.69) is 33.9 Å². The van der Waals surface area contributed by atoms with E-state index >= 15 is 0 Å². The van der Waals surface area contributed by atoms with E-state index in [1.165, 1.54) is 6.92 Å². The number of thiol groups is 1. The van der Waals surface area contributed by atoms with Gasteiger partial charge in [-0.1, -0.05) is 13.8 Å². The van der Waals surface area contributed by atoms with Crippen LogP contribution in [0.3, 0.4) is 0 Å². The summed E-state index contributed by atoms with van der Waals surface area (Å²) in [6, 6.07) is -5.00. The van der Waals surface area contributed by atoms with E-state index in [1.54, 1.807) is 0 Å². The van der Waals surface area contributed by atoms with Crippen LogP contribution in [0.1, 0.15) is 65.7 Å². The second-order valence-electron chi connectivity index (χ2n) is 9.74. The Morgan fingerprint density at radius 1 is 0.711 bits per heavy atom. The van der Waals surface area contributed by atoms with E-state index in [0.29, 0.717) is 38.8 Å². The average molecular weight is 562 g/mol. The number of unbranched alkanes of at least 4 members (excludes halogenated alkanes) is 2. The summed E-state index contributed by atoms with van der Waals surface area (Å²) in [5.41, 5.74) is 16.7. The molecule has 0 rings (SSSR count). The van der Waals surface area contributed by atoms with Gasteiger partial charge in [-0.05, 0) is 70.9 Å². The van der Waals surface area contributed by atoms with Gasteiger partial charge in [0.25, 0.3) is 0 Å². The Morgan fingerprint density at radius 3 is 1.66 bits per heavy atom. The first-order valence-corrected chi connectivity index (χ1v) is 13.7. The quantitative estimate of drug-likeness (QED) is 0.0627. The molecule has 5 atom stereocenters. The Morgan fingerprint density at radius 2 is 1.18 bits per heavy atom. The van der Waals surface area contributed by atoms with Gasteiger partial charge in [0.05, 0.1) is 6.04 Å². The van der Waals surface area contributed by atoms with Crippen LogP contribution in [0, 0.1) is 5.92 Å². The molecule has 0 spiro atoms. The fourth-order valence-electron chi connectivity index (χ4n) is 3.52. The summed E-state index contributed by atoms with van der Waals surface area (Å²) in [6.07, 6.45) is 2.98. The molecule has 14 heteroatoms. The van der Waals surface area contributed by atoms with Gasteiger partial charge in [-0.3, -0.25) is 19.2 Å². The number of hydrogen-bond donors (Lipinski definition) is 9. The van der Waals surface area contributed by atoms with Gasteiger partial charge in [-0.25, -0.2) is 4.79 Å². The predicted octanol–water partition coefficient (Wildman–Crippen LogP) is -1.41. The number of nitrogens with one attached hydrogen (secondary N) is 4. The molecular formula is C24H47N7O6S. The summed E-state index contributed by atoms with van der Waals surface area (Å²) in [5, 5.41) is 19.8. The normalized spacial score (nSPS) is 15.1. The van der Waals surface area contributed by atoms with Crippen molar-refractivity contribution in [3.05, 3.63) is 0 Å². The van der Waals surface area contributed by atoms with Crippen LogP contribution in [-0.4, -0.2) is 83.8 Å². The molecule has 0 radical (unpaired) electrons. The number of carboxylic acid groups (broad SMARTS) is 1. The van der Waals surface area contributed by atoms with Crippen LogP contribution >= 0.6 is 12.6 Å². The summed E-state index contributed by atoms with van der Waals surface area (Å²) in [5.74, 6) is -3.45. The van der Waals surface area contributed by atoms with Crippen LogP contribution < -0.4 is 38.5 Å². The number of carbonyl (C=O) groups excluding carboxylic acids is 4. The third-order valence-corrected chi connectivity index (χ3v) is 6.16. The van der Waals surface area contributed by atoms with Gasteiger partial charge in [0.15, 0.2) is 0 Å². The van der Waals surface area contributed by atoms with Gasteiger partial charge in [0.2, 0.25) is 23.6 Å². The summed E-state index contributed by atoms with van der Waals surface area (Å²) in [7, 11) is 0. The Bertz CT molecular complexity index is 771. The minimum absolute atomic E-state index is 0.0111. The molecule has 0 aromatic heterocycles. The second-order valence-corrected chi connectivity index (χ2v) is 10.1. The summed E-state index contributed by atoms with van der Waals surface area (Å²) < 4.78 is 0. The molecule has 220 valence electrons. The summed E-state index contributed by atoms with van der Waals surface area (Å²) in [4.78, 5) is 62.6. The topological polar surface area (TPSA) is 232 Å². The van der Waals surface area contributed by atoms with Crippen LogP contribution in [0.5, 0.6) is 0 Å². The maximum Gasteiger partial charge on any atom is 0.326 e. The first-order valence-electron chi connectivity index (χ1n) is 13.1. The molecule has 4 amide bonds. The molecule has 0 aromatic rings. The second kappa shape index (κ2) is 19.6. The van der Waals surface area contributed by atoms with Crippen LogP contribution in [0.2, 0.25) is 0 Å². The highest BCUT2D eigenvalue weighted by Crippen LogP contribution is 2.09. The molecule has 13 nitrogen and oxygen atoms in total. The maximum absolute atomic E-state index is 13.2. The molecule has 0 aliphatic carbocycles. The van der Waals surface area contributed by atoms with E-state index in [4.69, 9.17) is 17.2 Å². The average Bonchev–Trinajstić information content (AvgIpc) is 2.85. The van der Waals surface area contributed by atoms with Crippen LogP contribution in [-0.2, 0) is 24.0 Å². The first kappa shape index (κ1) is 35.6. The Kier molecular flexibility index (Phi) is 18.4. The third-order valence-electron chi connectivity index (χ3n) is 5.77. The van der Waals surface area contributed by atoms with Gasteiger partial charge in [0.1, 0.15) is 24.2 Å². The SMILES string of the molecule is CC(C)C[C@H](NC(=O)[C@H](C)NC(=O)[C@@H](N)CS)C(=O)N[C@@H](CCCCN)C(=O)N[C@@H](CCCCN)C(=O)O. The van der Waals surface area contributed by atoms with Crippen molar-refractivity contribution in [1.82, 2.24) is 21.3 Å². The van der Waals surface area contributed by atoms with Crippen LogP contribution in [0.4, 0.5) is 0 Å². The van der Waals surface area contributed by atoms with E-state index in [9.17, 15) is 29.1 Å². The van der Waals surface area contributed by atoms with Crippen molar-refractivity contribution >= 4 is 42.2 Å². The van der Waals surface area contributed by atoms with E-state index in [1.807, 2.05) is 13.8 Å². The number of aliphatic carboxylic acids is 1. The Hall–Kier alpha value is -2.42. The number of nitrogens with two attached hydrogens (primary N) is 3. The molecule has 0 aliphatic heterocycles. The monoisotopic (exact) mass is 561 g/mol. The van der Waals surface area contributed by atoms with Crippen molar-refractivity contribution in [3.63, 3.8) is 0 Å². The van der Waals surface area contributed by atoms with E-state index in [-0.39, 0.29) is 30.9 Å². The Balaban J connectivity index is 5.53. The highest BCUT2D eigenvalue weighted by Gasteiger charge is 2.30. The number of amides is 4. The number of hydrogen-bond acceptors (Lipinski definition) is 9. The molecule has 11 N–H and O–H groups in total. The zero-order valence-electron chi connectivity index (χ0n) is 22.7. The maximum atomic E-state index is 13.2. The minimum Gasteiger partial charge on any atom is -0.480 e. The van der Waals surface area contributed by atoms with E-state index in [0.717, 1.165) is 0 Å². The number of carbonyl (C=O) groups is 5. The van der Waals surface area contributed by atoms with Gasteiger partial charge >= 0.3 is 5.97 Å². The minimum atomic E-state index is -1.18. The smallest absolute Gasteiger partial charge is 0.326 e. The van der Waals surface area contributed by atoms with Crippen molar-refractivity contribution in [3.8, 4) is 0 Å². The van der Waals surface area contributed by atoms with Crippen molar-refractivity contribution in [1.29, 1.82) is 0 Å². The molecule has 0 saturated carbocycles. The van der Waals surface area contributed by atoms with Gasteiger partial charge in [-0.15, -0.1) is 0 Å². The molecule has 0 heterocycles. The van der Waals surface area contributed by atoms with Crippen LogP contribution in [0.15, 0.2) is 0 Å². The lowest BCUT2D eigenvalue weighted by Gasteiger charge is -2.26. The molecule has 0 unspecified atom stereocenters. The lowest BCUT2D eigenvalue weighted by Crippen LogP contribution is -2.58. The number of carboxylic acids is 1. The summed E-state index contributed by atoms with van der Waals surface area (Å²) >= 11 is 3.96. The fraction of sp³-hybridized carbons (Fsp3) is 0.792. The van der Waals surface area contributed by atoms with Crippen molar-refractivity contribution in [2.75, 3.05) is 18.8 Å². The molecule has 0 fully saturated rings. The van der Waals surface area contributed by atoms with Gasteiger partial charge in [0, 0.05) is 5.75 Å². The van der Waals surface area contributed by atoms with Crippen molar-refractivity contribution < 1.29 is 29.1 Å².